The van der Waals surface area contributed by atoms with Crippen LogP contribution in [0.1, 0.15) is 38.2 Å². The molecule has 0 aromatic heterocycles. The number of likely N-dealkylation sites (tertiary alicyclic amines) is 1. The zero-order chi connectivity index (χ0) is 15.1. The van der Waals surface area contributed by atoms with E-state index in [0.717, 1.165) is 51.3 Å². The Morgan fingerprint density at radius 2 is 2.14 bits per heavy atom. The van der Waals surface area contributed by atoms with Gasteiger partial charge in [0.1, 0.15) is 5.75 Å². The highest BCUT2D eigenvalue weighted by atomic mass is 16.5. The molecule has 0 amide bonds. The van der Waals surface area contributed by atoms with Gasteiger partial charge in [-0.05, 0) is 49.4 Å². The molecule has 1 aliphatic heterocycles. The average Bonchev–Trinajstić information content (AvgIpc) is 2.92. The lowest BCUT2D eigenvalue weighted by molar-refractivity contribution is -0.137. The maximum absolute atomic E-state index is 10.6. The fourth-order valence-electron chi connectivity index (χ4n) is 2.79. The van der Waals surface area contributed by atoms with Crippen LogP contribution in [0.3, 0.4) is 0 Å². The summed E-state index contributed by atoms with van der Waals surface area (Å²) in [7, 11) is 0. The third-order valence-electron chi connectivity index (χ3n) is 3.94. The van der Waals surface area contributed by atoms with Crippen molar-refractivity contribution in [2.24, 2.45) is 5.92 Å². The lowest BCUT2D eigenvalue weighted by atomic mass is 10.0. The van der Waals surface area contributed by atoms with Crippen LogP contribution in [-0.4, -0.2) is 35.7 Å². The largest absolute Gasteiger partial charge is 0.494 e. The summed E-state index contributed by atoms with van der Waals surface area (Å²) in [4.78, 5) is 13.0. The maximum Gasteiger partial charge on any atom is 0.303 e. The number of ether oxygens (including phenoxy) is 1. The number of aliphatic carboxylic acids is 1. The van der Waals surface area contributed by atoms with E-state index >= 15 is 0 Å². The molecule has 1 aliphatic rings. The van der Waals surface area contributed by atoms with Crippen LogP contribution in [0.2, 0.25) is 0 Å². The third kappa shape index (κ3) is 5.38. The normalized spacial score (nSPS) is 18.8. The van der Waals surface area contributed by atoms with Gasteiger partial charge in [0, 0.05) is 19.5 Å². The molecule has 116 valence electrons. The standard InChI is InChI=1S/C17H25NO3/c1-2-11-21-16-6-3-14(4-7-16)12-18-10-9-15(13-18)5-8-17(19)20/h3-4,6-7,15H,2,5,8-13H2,1H3,(H,19,20). The van der Waals surface area contributed by atoms with Gasteiger partial charge in [0.05, 0.1) is 6.61 Å². The highest BCUT2D eigenvalue weighted by Gasteiger charge is 2.22. The van der Waals surface area contributed by atoms with Crippen molar-refractivity contribution in [3.8, 4) is 5.75 Å². The zero-order valence-electron chi connectivity index (χ0n) is 12.8. The van der Waals surface area contributed by atoms with Gasteiger partial charge < -0.3 is 9.84 Å². The molecule has 2 rings (SSSR count). The van der Waals surface area contributed by atoms with Crippen molar-refractivity contribution in [3.05, 3.63) is 29.8 Å². The quantitative estimate of drug-likeness (QED) is 0.799. The van der Waals surface area contributed by atoms with Gasteiger partial charge in [-0.15, -0.1) is 0 Å². The van der Waals surface area contributed by atoms with Crippen molar-refractivity contribution in [1.82, 2.24) is 4.90 Å². The minimum absolute atomic E-state index is 0.294. The van der Waals surface area contributed by atoms with Crippen LogP contribution in [0.25, 0.3) is 0 Å². The molecule has 1 aromatic rings. The Bertz CT molecular complexity index is 444. The Morgan fingerprint density at radius 1 is 1.38 bits per heavy atom. The average molecular weight is 291 g/mol. The van der Waals surface area contributed by atoms with E-state index < -0.39 is 5.97 Å². The SMILES string of the molecule is CCCOc1ccc(CN2CCC(CCC(=O)O)C2)cc1. The van der Waals surface area contributed by atoms with Gasteiger partial charge in [0.15, 0.2) is 0 Å². The maximum atomic E-state index is 10.6. The molecule has 1 N–H and O–H groups in total. The van der Waals surface area contributed by atoms with E-state index in [-0.39, 0.29) is 0 Å². The fraction of sp³-hybridized carbons (Fsp3) is 0.588. The first-order valence-corrected chi connectivity index (χ1v) is 7.83. The summed E-state index contributed by atoms with van der Waals surface area (Å²) in [6, 6.07) is 8.30. The summed E-state index contributed by atoms with van der Waals surface area (Å²) in [6.45, 7) is 5.89. The number of hydrogen-bond donors (Lipinski definition) is 1. The number of carboxylic acids is 1. The second-order valence-corrected chi connectivity index (χ2v) is 5.81. The molecule has 21 heavy (non-hydrogen) atoms. The predicted octanol–water partition coefficient (Wildman–Crippen LogP) is 3.16. The Morgan fingerprint density at radius 3 is 2.81 bits per heavy atom. The van der Waals surface area contributed by atoms with Crippen LogP contribution in [-0.2, 0) is 11.3 Å². The lowest BCUT2D eigenvalue weighted by Gasteiger charge is -2.16. The topological polar surface area (TPSA) is 49.8 Å². The van der Waals surface area contributed by atoms with Crippen LogP contribution in [0, 0.1) is 5.92 Å². The molecule has 0 saturated carbocycles. The molecule has 1 unspecified atom stereocenters. The molecule has 1 fully saturated rings. The Hall–Kier alpha value is -1.55. The first-order valence-electron chi connectivity index (χ1n) is 7.83. The van der Waals surface area contributed by atoms with E-state index in [9.17, 15) is 4.79 Å². The summed E-state index contributed by atoms with van der Waals surface area (Å²) < 4.78 is 5.58. The van der Waals surface area contributed by atoms with Gasteiger partial charge in [0.2, 0.25) is 0 Å². The highest BCUT2D eigenvalue weighted by Crippen LogP contribution is 2.23. The minimum Gasteiger partial charge on any atom is -0.494 e. The van der Waals surface area contributed by atoms with Crippen molar-refractivity contribution in [2.45, 2.75) is 39.2 Å². The smallest absolute Gasteiger partial charge is 0.303 e. The third-order valence-corrected chi connectivity index (χ3v) is 3.94. The molecule has 1 aromatic carbocycles. The predicted molar refractivity (Wildman–Crippen MR) is 82.5 cm³/mol. The first-order chi connectivity index (χ1) is 10.2. The van der Waals surface area contributed by atoms with Crippen molar-refractivity contribution >= 4 is 5.97 Å². The number of carboxylic acid groups (broad SMARTS) is 1. The van der Waals surface area contributed by atoms with E-state index in [2.05, 4.69) is 24.0 Å². The number of rotatable bonds is 8. The lowest BCUT2D eigenvalue weighted by Crippen LogP contribution is -2.20. The van der Waals surface area contributed by atoms with E-state index in [1.807, 2.05) is 12.1 Å². The van der Waals surface area contributed by atoms with Crippen LogP contribution >= 0.6 is 0 Å². The molecule has 0 radical (unpaired) electrons. The summed E-state index contributed by atoms with van der Waals surface area (Å²) in [5, 5.41) is 8.74. The summed E-state index contributed by atoms with van der Waals surface area (Å²) >= 11 is 0. The summed E-state index contributed by atoms with van der Waals surface area (Å²) in [5.74, 6) is 0.783. The van der Waals surface area contributed by atoms with Crippen molar-refractivity contribution in [1.29, 1.82) is 0 Å². The van der Waals surface area contributed by atoms with Crippen LogP contribution < -0.4 is 4.74 Å². The van der Waals surface area contributed by atoms with Crippen molar-refractivity contribution in [3.63, 3.8) is 0 Å². The second-order valence-electron chi connectivity index (χ2n) is 5.81. The van der Waals surface area contributed by atoms with Gasteiger partial charge in [-0.25, -0.2) is 0 Å². The van der Waals surface area contributed by atoms with Gasteiger partial charge in [0.25, 0.3) is 0 Å². The number of hydrogen-bond acceptors (Lipinski definition) is 3. The monoisotopic (exact) mass is 291 g/mol. The van der Waals surface area contributed by atoms with Gasteiger partial charge >= 0.3 is 5.97 Å². The van der Waals surface area contributed by atoms with Gasteiger partial charge in [-0.2, -0.15) is 0 Å². The molecular formula is C17H25NO3. The van der Waals surface area contributed by atoms with E-state index in [4.69, 9.17) is 9.84 Å². The minimum atomic E-state index is -0.684. The molecular weight excluding hydrogens is 266 g/mol. The molecule has 0 spiro atoms. The zero-order valence-corrected chi connectivity index (χ0v) is 12.8. The van der Waals surface area contributed by atoms with Crippen molar-refractivity contribution < 1.29 is 14.6 Å². The molecule has 4 nitrogen and oxygen atoms in total. The Labute approximate surface area is 126 Å². The number of benzene rings is 1. The number of carbonyl (C=O) groups is 1. The highest BCUT2D eigenvalue weighted by molar-refractivity contribution is 5.66. The summed E-state index contributed by atoms with van der Waals surface area (Å²) in [5.41, 5.74) is 1.29. The Balaban J connectivity index is 1.76. The molecule has 0 aliphatic carbocycles. The second kappa shape index (κ2) is 8.03. The number of nitrogens with zero attached hydrogens (tertiary/aromatic N) is 1. The summed E-state index contributed by atoms with van der Waals surface area (Å²) in [6.07, 6.45) is 3.23. The first kappa shape index (κ1) is 15.8. The molecule has 0 bridgehead atoms. The molecule has 4 heteroatoms. The van der Waals surface area contributed by atoms with Crippen LogP contribution in [0.5, 0.6) is 5.75 Å². The molecule has 1 atom stereocenters. The van der Waals surface area contributed by atoms with E-state index in [1.54, 1.807) is 0 Å². The van der Waals surface area contributed by atoms with Crippen LogP contribution in [0.4, 0.5) is 0 Å². The van der Waals surface area contributed by atoms with Crippen molar-refractivity contribution in [2.75, 3.05) is 19.7 Å². The molecule has 1 saturated heterocycles. The van der Waals surface area contributed by atoms with Crippen LogP contribution in [0.15, 0.2) is 24.3 Å². The van der Waals surface area contributed by atoms with Gasteiger partial charge in [-0.3, -0.25) is 9.69 Å². The van der Waals surface area contributed by atoms with E-state index in [1.165, 1.54) is 5.56 Å². The Kier molecular flexibility index (Phi) is 6.05. The van der Waals surface area contributed by atoms with E-state index in [0.29, 0.717) is 12.3 Å². The fourth-order valence-corrected chi connectivity index (χ4v) is 2.79. The molecule has 1 heterocycles. The van der Waals surface area contributed by atoms with Gasteiger partial charge in [-0.1, -0.05) is 19.1 Å².